The van der Waals surface area contributed by atoms with Gasteiger partial charge in [-0.2, -0.15) is 0 Å². The number of carbonyl (C=O) groups is 1. The maximum Gasteiger partial charge on any atom is 0.254 e. The lowest BCUT2D eigenvalue weighted by molar-refractivity contribution is 0.0728. The lowest BCUT2D eigenvalue weighted by Gasteiger charge is -2.24. The summed E-state index contributed by atoms with van der Waals surface area (Å²) in [4.78, 5) is 31.3. The van der Waals surface area contributed by atoms with E-state index in [9.17, 15) is 14.0 Å². The number of nitrogens with one attached hydrogen (secondary N) is 1. The van der Waals surface area contributed by atoms with Gasteiger partial charge in [0.2, 0.25) is 5.75 Å². The van der Waals surface area contributed by atoms with Crippen LogP contribution in [0.25, 0.3) is 10.9 Å². The number of H-pyrrole nitrogens is 1. The number of methoxy groups -OCH3 is 3. The number of hydrogen-bond donors (Lipinski definition) is 1. The van der Waals surface area contributed by atoms with Gasteiger partial charge in [0.1, 0.15) is 5.82 Å². The number of aromatic nitrogens is 1. The average molecular weight is 505 g/mol. The largest absolute Gasteiger partial charge is 0.493 e. The third-order valence-electron chi connectivity index (χ3n) is 6.24. The summed E-state index contributed by atoms with van der Waals surface area (Å²) in [5.41, 5.74) is 3.97. The van der Waals surface area contributed by atoms with Gasteiger partial charge in [-0.15, -0.1) is 0 Å². The standard InChI is InChI=1S/C29H29FN2O5/c1-17-10-18(2)23-12-21(28(33)31-24(23)11-17)16-32(15-19-6-8-22(30)9-7-19)29(34)20-13-25(35-3)27(37-5)26(14-20)36-4/h6-14H,15-16H2,1-5H3,(H,31,33). The van der Waals surface area contributed by atoms with E-state index >= 15 is 0 Å². The minimum Gasteiger partial charge on any atom is -0.493 e. The number of halogens is 1. The molecule has 192 valence electrons. The molecule has 0 saturated carbocycles. The maximum atomic E-state index is 13.8. The van der Waals surface area contributed by atoms with Crippen molar-refractivity contribution in [1.29, 1.82) is 0 Å². The molecule has 3 aromatic carbocycles. The molecule has 0 aliphatic heterocycles. The molecule has 7 nitrogen and oxygen atoms in total. The van der Waals surface area contributed by atoms with Gasteiger partial charge in [0.15, 0.2) is 11.5 Å². The Hall–Kier alpha value is -4.33. The summed E-state index contributed by atoms with van der Waals surface area (Å²) in [6.07, 6.45) is 0. The molecule has 0 aliphatic carbocycles. The predicted octanol–water partition coefficient (Wildman–Crippen LogP) is 5.15. The second-order valence-electron chi connectivity index (χ2n) is 8.87. The molecule has 0 aliphatic rings. The van der Waals surface area contributed by atoms with E-state index in [2.05, 4.69) is 4.98 Å². The molecule has 1 amide bonds. The zero-order chi connectivity index (χ0) is 26.7. The van der Waals surface area contributed by atoms with Crippen LogP contribution in [0.5, 0.6) is 17.2 Å². The zero-order valence-electron chi connectivity index (χ0n) is 21.5. The van der Waals surface area contributed by atoms with Gasteiger partial charge in [0.25, 0.3) is 11.5 Å². The van der Waals surface area contributed by atoms with Crippen LogP contribution in [0.1, 0.15) is 32.6 Å². The quantitative estimate of drug-likeness (QED) is 0.359. The van der Waals surface area contributed by atoms with Gasteiger partial charge in [0.05, 0.1) is 27.9 Å². The fourth-order valence-electron chi connectivity index (χ4n) is 4.44. The Bertz CT molecular complexity index is 1490. The predicted molar refractivity (Wildman–Crippen MR) is 140 cm³/mol. The number of amides is 1. The summed E-state index contributed by atoms with van der Waals surface area (Å²) >= 11 is 0. The molecule has 4 aromatic rings. The van der Waals surface area contributed by atoms with Gasteiger partial charge in [-0.05, 0) is 66.9 Å². The van der Waals surface area contributed by atoms with Crippen LogP contribution in [0.4, 0.5) is 4.39 Å². The third-order valence-corrected chi connectivity index (χ3v) is 6.24. The highest BCUT2D eigenvalue weighted by Gasteiger charge is 2.23. The topological polar surface area (TPSA) is 80.9 Å². The van der Waals surface area contributed by atoms with Crippen LogP contribution in [-0.4, -0.2) is 37.1 Å². The second kappa shape index (κ2) is 10.7. The average Bonchev–Trinajstić information content (AvgIpc) is 2.88. The molecule has 0 fully saturated rings. The minimum atomic E-state index is -0.372. The minimum absolute atomic E-state index is 0.0332. The highest BCUT2D eigenvalue weighted by molar-refractivity contribution is 5.95. The normalized spacial score (nSPS) is 10.9. The molecule has 1 N–H and O–H groups in total. The van der Waals surface area contributed by atoms with Gasteiger partial charge < -0.3 is 24.1 Å². The smallest absolute Gasteiger partial charge is 0.254 e. The first-order chi connectivity index (χ1) is 17.7. The van der Waals surface area contributed by atoms with Crippen LogP contribution < -0.4 is 19.8 Å². The molecule has 4 rings (SSSR count). The van der Waals surface area contributed by atoms with Crippen molar-refractivity contribution >= 4 is 16.8 Å². The molecule has 0 saturated heterocycles. The van der Waals surface area contributed by atoms with E-state index in [1.54, 1.807) is 24.3 Å². The number of nitrogens with zero attached hydrogens (tertiary/aromatic N) is 1. The molecule has 0 radical (unpaired) electrons. The van der Waals surface area contributed by atoms with Gasteiger partial charge in [-0.25, -0.2) is 4.39 Å². The van der Waals surface area contributed by atoms with Crippen molar-refractivity contribution in [3.63, 3.8) is 0 Å². The van der Waals surface area contributed by atoms with E-state index in [1.165, 1.54) is 38.4 Å². The van der Waals surface area contributed by atoms with Crippen molar-refractivity contribution in [2.75, 3.05) is 21.3 Å². The number of ether oxygens (including phenoxy) is 3. The van der Waals surface area contributed by atoms with Crippen molar-refractivity contribution in [3.05, 3.63) is 98.6 Å². The monoisotopic (exact) mass is 504 g/mol. The van der Waals surface area contributed by atoms with Gasteiger partial charge >= 0.3 is 0 Å². The molecule has 0 unspecified atom stereocenters. The van der Waals surface area contributed by atoms with Crippen LogP contribution in [0.3, 0.4) is 0 Å². The Morgan fingerprint density at radius 2 is 1.54 bits per heavy atom. The molecule has 1 aromatic heterocycles. The van der Waals surface area contributed by atoms with E-state index in [4.69, 9.17) is 14.2 Å². The molecule has 0 spiro atoms. The lowest BCUT2D eigenvalue weighted by atomic mass is 10.0. The van der Waals surface area contributed by atoms with Crippen molar-refractivity contribution < 1.29 is 23.4 Å². The molecular weight excluding hydrogens is 475 g/mol. The number of fused-ring (bicyclic) bond motifs is 1. The zero-order valence-corrected chi connectivity index (χ0v) is 21.5. The number of carbonyl (C=O) groups excluding carboxylic acids is 1. The molecule has 37 heavy (non-hydrogen) atoms. The highest BCUT2D eigenvalue weighted by Crippen LogP contribution is 2.38. The van der Waals surface area contributed by atoms with Crippen LogP contribution in [0.15, 0.2) is 59.4 Å². The molecular formula is C29H29FN2O5. The van der Waals surface area contributed by atoms with Crippen molar-refractivity contribution in [2.24, 2.45) is 0 Å². The maximum absolute atomic E-state index is 13.8. The number of rotatable bonds is 8. The Labute approximate surface area is 214 Å². The van der Waals surface area contributed by atoms with Crippen molar-refractivity contribution in [3.8, 4) is 17.2 Å². The molecule has 1 heterocycles. The summed E-state index contributed by atoms with van der Waals surface area (Å²) in [5.74, 6) is 0.304. The van der Waals surface area contributed by atoms with Crippen molar-refractivity contribution in [2.45, 2.75) is 26.9 Å². The number of pyridine rings is 1. The first-order valence-corrected chi connectivity index (χ1v) is 11.7. The van der Waals surface area contributed by atoms with Crippen LogP contribution in [0, 0.1) is 19.7 Å². The first kappa shape index (κ1) is 25.8. The summed E-state index contributed by atoms with van der Waals surface area (Å²) in [6, 6.07) is 14.8. The van der Waals surface area contributed by atoms with E-state index in [1.807, 2.05) is 32.0 Å². The Morgan fingerprint density at radius 1 is 0.892 bits per heavy atom. The van der Waals surface area contributed by atoms with Gasteiger partial charge in [-0.3, -0.25) is 9.59 Å². The Morgan fingerprint density at radius 3 is 2.14 bits per heavy atom. The van der Waals surface area contributed by atoms with Crippen LogP contribution in [0.2, 0.25) is 0 Å². The fourth-order valence-corrected chi connectivity index (χ4v) is 4.44. The van der Waals surface area contributed by atoms with Gasteiger partial charge in [0, 0.05) is 28.6 Å². The SMILES string of the molecule is COc1cc(C(=O)N(Cc2ccc(F)cc2)Cc2cc3c(C)cc(C)cc3[nH]c2=O)cc(OC)c1OC. The summed E-state index contributed by atoms with van der Waals surface area (Å²) in [7, 11) is 4.43. The fraction of sp³-hybridized carbons (Fsp3) is 0.241. The van der Waals surface area contributed by atoms with Gasteiger partial charge in [-0.1, -0.05) is 18.2 Å². The lowest BCUT2D eigenvalue weighted by Crippen LogP contribution is -2.32. The molecule has 0 bridgehead atoms. The third kappa shape index (κ3) is 5.43. The van der Waals surface area contributed by atoms with E-state index in [0.29, 0.717) is 33.9 Å². The highest BCUT2D eigenvalue weighted by atomic mass is 19.1. The van der Waals surface area contributed by atoms with E-state index in [0.717, 1.165) is 22.0 Å². The second-order valence-corrected chi connectivity index (χ2v) is 8.87. The first-order valence-electron chi connectivity index (χ1n) is 11.7. The van der Waals surface area contributed by atoms with Crippen molar-refractivity contribution in [1.82, 2.24) is 9.88 Å². The Kier molecular flexibility index (Phi) is 7.47. The summed E-state index contributed by atoms with van der Waals surface area (Å²) in [5, 5.41) is 0.905. The molecule has 0 atom stereocenters. The number of hydrogen-bond acceptors (Lipinski definition) is 5. The van der Waals surface area contributed by atoms with Crippen LogP contribution in [-0.2, 0) is 13.1 Å². The number of aryl methyl sites for hydroxylation is 2. The molecule has 8 heteroatoms. The Balaban J connectivity index is 1.79. The summed E-state index contributed by atoms with van der Waals surface area (Å²) < 4.78 is 29.7. The number of aromatic amines is 1. The van der Waals surface area contributed by atoms with E-state index < -0.39 is 0 Å². The number of benzene rings is 3. The summed E-state index contributed by atoms with van der Waals surface area (Å²) in [6.45, 7) is 4.14. The van der Waals surface area contributed by atoms with E-state index in [-0.39, 0.29) is 30.4 Å². The van der Waals surface area contributed by atoms with Crippen LogP contribution >= 0.6 is 0 Å².